The Morgan fingerprint density at radius 2 is 1.77 bits per heavy atom. The minimum atomic E-state index is -0.578. The first kappa shape index (κ1) is 35.8. The highest BCUT2D eigenvalue weighted by molar-refractivity contribution is 8.01. The number of hydrogen-bond acceptors (Lipinski definition) is 5. The number of nitrogens with one attached hydrogen (secondary N) is 1. The van der Waals surface area contributed by atoms with Gasteiger partial charge < -0.3 is 21.3 Å². The number of amides is 2. The highest BCUT2D eigenvalue weighted by Crippen LogP contribution is 2.51. The van der Waals surface area contributed by atoms with Crippen LogP contribution in [0.4, 0.5) is 0 Å². The lowest BCUT2D eigenvalue weighted by molar-refractivity contribution is -0.128. The number of carbonyl (C=O) groups excluding carboxylic acids is 2. The van der Waals surface area contributed by atoms with E-state index in [0.29, 0.717) is 17.4 Å². The van der Waals surface area contributed by atoms with Crippen LogP contribution in [0.5, 0.6) is 0 Å². The summed E-state index contributed by atoms with van der Waals surface area (Å²) in [5.41, 5.74) is 7.78. The summed E-state index contributed by atoms with van der Waals surface area (Å²) < 4.78 is 0. The molecule has 2 unspecified atom stereocenters. The van der Waals surface area contributed by atoms with Crippen LogP contribution in [0, 0.1) is 34.0 Å². The minimum Gasteiger partial charge on any atom is -0.504 e. The predicted octanol–water partition coefficient (Wildman–Crippen LogP) is 8.60. The molecule has 3 aliphatic rings. The van der Waals surface area contributed by atoms with Crippen molar-refractivity contribution >= 4 is 23.6 Å². The highest BCUT2D eigenvalue weighted by atomic mass is 32.2. The summed E-state index contributed by atoms with van der Waals surface area (Å²) in [5.74, 6) is 0.424. The lowest BCUT2D eigenvalue weighted by Crippen LogP contribution is -2.40. The zero-order valence-corrected chi connectivity index (χ0v) is 29.2. The van der Waals surface area contributed by atoms with Crippen molar-refractivity contribution < 1.29 is 19.8 Å². The smallest absolute Gasteiger partial charge is 0.223 e. The van der Waals surface area contributed by atoms with Crippen LogP contribution in [-0.2, 0) is 9.59 Å². The molecule has 44 heavy (non-hydrogen) atoms. The van der Waals surface area contributed by atoms with Gasteiger partial charge in [-0.3, -0.25) is 9.59 Å². The summed E-state index contributed by atoms with van der Waals surface area (Å²) in [5, 5.41) is 24.8. The summed E-state index contributed by atoms with van der Waals surface area (Å²) in [6.07, 6.45) is 19.8. The monoisotopic (exact) mass is 624 g/mol. The first-order valence-corrected chi connectivity index (χ1v) is 17.1. The van der Waals surface area contributed by atoms with Gasteiger partial charge in [0.25, 0.3) is 0 Å². The molecule has 5 N–H and O–H groups in total. The van der Waals surface area contributed by atoms with Gasteiger partial charge in [-0.05, 0) is 86.3 Å². The van der Waals surface area contributed by atoms with Crippen molar-refractivity contribution in [3.8, 4) is 0 Å². The number of rotatable bonds is 6. The maximum Gasteiger partial charge on any atom is 0.223 e. The number of aliphatic hydroxyl groups excluding tert-OH is 2. The highest BCUT2D eigenvalue weighted by Gasteiger charge is 2.42. The molecule has 3 rings (SSSR count). The number of nitrogens with two attached hydrogens (primary N) is 1. The van der Waals surface area contributed by atoms with E-state index < -0.39 is 5.41 Å². The van der Waals surface area contributed by atoms with E-state index in [2.05, 4.69) is 70.3 Å². The second-order valence-electron chi connectivity index (χ2n) is 15.0. The van der Waals surface area contributed by atoms with E-state index in [4.69, 9.17) is 5.73 Å². The molecule has 244 valence electrons. The predicted molar refractivity (Wildman–Crippen MR) is 184 cm³/mol. The van der Waals surface area contributed by atoms with Gasteiger partial charge in [0.15, 0.2) is 11.5 Å². The number of thioether (sulfide) groups is 1. The maximum atomic E-state index is 12.4. The van der Waals surface area contributed by atoms with Gasteiger partial charge in [-0.15, -0.1) is 11.8 Å². The van der Waals surface area contributed by atoms with E-state index >= 15 is 0 Å². The van der Waals surface area contributed by atoms with Crippen LogP contribution in [0.3, 0.4) is 0 Å². The molecule has 0 bridgehead atoms. The van der Waals surface area contributed by atoms with Crippen molar-refractivity contribution in [1.82, 2.24) is 5.32 Å². The molecule has 0 saturated heterocycles. The molecule has 6 atom stereocenters. The summed E-state index contributed by atoms with van der Waals surface area (Å²) in [6.45, 7) is 18.9. The number of aliphatic hydroxyl groups is 2. The Morgan fingerprint density at radius 3 is 2.36 bits per heavy atom. The van der Waals surface area contributed by atoms with Crippen molar-refractivity contribution in [3.63, 3.8) is 0 Å². The normalized spacial score (nSPS) is 35.2. The fraction of sp³-hybridized carbons (Fsp3) is 0.622. The van der Waals surface area contributed by atoms with Crippen molar-refractivity contribution in [1.29, 1.82) is 0 Å². The van der Waals surface area contributed by atoms with Crippen LogP contribution >= 0.6 is 11.8 Å². The molecule has 0 aromatic heterocycles. The summed E-state index contributed by atoms with van der Waals surface area (Å²) >= 11 is 1.82. The zero-order chi connectivity index (χ0) is 33.0. The molecule has 2 amide bonds. The van der Waals surface area contributed by atoms with Gasteiger partial charge in [-0.25, -0.2) is 0 Å². The molecule has 0 radical (unpaired) electrons. The van der Waals surface area contributed by atoms with Crippen LogP contribution in [0.1, 0.15) is 101 Å². The molecule has 0 heterocycles. The van der Waals surface area contributed by atoms with Crippen LogP contribution in [0.25, 0.3) is 0 Å². The van der Waals surface area contributed by atoms with Gasteiger partial charge in [0, 0.05) is 34.0 Å². The Morgan fingerprint density at radius 1 is 1.09 bits per heavy atom. The van der Waals surface area contributed by atoms with E-state index in [1.54, 1.807) is 6.08 Å². The lowest BCUT2D eigenvalue weighted by atomic mass is 9.59. The molecule has 1 saturated carbocycles. The van der Waals surface area contributed by atoms with E-state index in [9.17, 15) is 19.8 Å². The van der Waals surface area contributed by atoms with Gasteiger partial charge in [0.05, 0.1) is 0 Å². The molecule has 0 aliphatic heterocycles. The first-order chi connectivity index (χ1) is 20.3. The average molecular weight is 625 g/mol. The third kappa shape index (κ3) is 8.95. The van der Waals surface area contributed by atoms with Crippen LogP contribution in [0.15, 0.2) is 70.9 Å². The second kappa shape index (κ2) is 14.2. The van der Waals surface area contributed by atoms with Gasteiger partial charge in [0.2, 0.25) is 11.8 Å². The van der Waals surface area contributed by atoms with Crippen molar-refractivity contribution in [2.24, 2.45) is 39.7 Å². The third-order valence-electron chi connectivity index (χ3n) is 10.3. The topological polar surface area (TPSA) is 113 Å². The fourth-order valence-electron chi connectivity index (χ4n) is 7.17. The SMILES string of the molecule is CC(=O)NC1=CCC(SC2C=C3[C@@H](C)CCC(C)(C)[C@@H](CC(C)(C)C(N)=O)[C@H](C)CC[C@@]3(C)/C=C/C(O)=C(O)\C(C)=C\2)C=C1. The lowest BCUT2D eigenvalue weighted by Gasteiger charge is -2.45. The number of carbonyl (C=O) groups is 2. The summed E-state index contributed by atoms with van der Waals surface area (Å²) in [4.78, 5) is 23.9. The summed E-state index contributed by atoms with van der Waals surface area (Å²) in [6, 6.07) is 0. The minimum absolute atomic E-state index is 0.0306. The van der Waals surface area contributed by atoms with Crippen molar-refractivity contribution in [2.75, 3.05) is 0 Å². The maximum absolute atomic E-state index is 12.4. The number of primary amides is 1. The Hall–Kier alpha value is -2.67. The first-order valence-electron chi connectivity index (χ1n) is 16.2. The number of hydrogen-bond donors (Lipinski definition) is 4. The number of fused-ring (bicyclic) bond motifs is 1. The fourth-order valence-corrected chi connectivity index (χ4v) is 8.46. The molecule has 7 heteroatoms. The molecular formula is C37H56N2O4S. The van der Waals surface area contributed by atoms with Gasteiger partial charge in [0.1, 0.15) is 0 Å². The van der Waals surface area contributed by atoms with Gasteiger partial charge in [-0.1, -0.05) is 84.4 Å². The van der Waals surface area contributed by atoms with Crippen LogP contribution in [-0.4, -0.2) is 32.5 Å². The second-order valence-corrected chi connectivity index (χ2v) is 16.5. The van der Waals surface area contributed by atoms with Crippen molar-refractivity contribution in [2.45, 2.75) is 111 Å². The molecule has 0 spiro atoms. The Balaban J connectivity index is 2.04. The largest absolute Gasteiger partial charge is 0.504 e. The molecule has 1 fully saturated rings. The third-order valence-corrected chi connectivity index (χ3v) is 11.6. The molecule has 3 aliphatic carbocycles. The van der Waals surface area contributed by atoms with E-state index in [-0.39, 0.29) is 50.6 Å². The van der Waals surface area contributed by atoms with Crippen LogP contribution < -0.4 is 11.1 Å². The van der Waals surface area contributed by atoms with E-state index in [0.717, 1.165) is 44.2 Å². The Labute approximate surface area is 270 Å². The Bertz CT molecular complexity index is 1280. The summed E-state index contributed by atoms with van der Waals surface area (Å²) in [7, 11) is 0. The molecule has 0 aromatic rings. The van der Waals surface area contributed by atoms with E-state index in [1.807, 2.05) is 38.6 Å². The van der Waals surface area contributed by atoms with Crippen LogP contribution in [0.2, 0.25) is 0 Å². The van der Waals surface area contributed by atoms with Crippen molar-refractivity contribution in [3.05, 3.63) is 70.9 Å². The average Bonchev–Trinajstić information content (AvgIpc) is 2.94. The number of allylic oxidation sites excluding steroid dienone is 6. The quantitative estimate of drug-likeness (QED) is 0.221. The molecule has 6 nitrogen and oxygen atoms in total. The van der Waals surface area contributed by atoms with E-state index in [1.165, 1.54) is 12.5 Å². The van der Waals surface area contributed by atoms with Gasteiger partial charge in [-0.2, -0.15) is 0 Å². The molecular weight excluding hydrogens is 568 g/mol. The molecule has 0 aromatic carbocycles. The van der Waals surface area contributed by atoms with Gasteiger partial charge >= 0.3 is 0 Å². The standard InChI is InChI=1S/C37H56N2O4S/c1-23-14-17-35(5,6)31(22-36(7,8)34(38)43)24(2)15-18-37(9)19-16-32(41)33(42)25(3)20-29(21-30(23)37)44-28-12-10-27(11-13-28)39-26(4)40/h10-12,16,19-21,23-24,28-29,31,41-42H,13-15,17-18,22H2,1-9H3,(H2,38,43)(H,39,40)/b19-16+,25-20+,30-21?,33-32-/t23-,24+,28?,29?,31-,37-/m0/s1. The Kier molecular flexibility index (Phi) is 11.5. The zero-order valence-electron chi connectivity index (χ0n) is 28.4.